The molecule has 0 atom stereocenters. The van der Waals surface area contributed by atoms with Gasteiger partial charge in [0.05, 0.1) is 13.7 Å². The number of hydrogen-bond donors (Lipinski definition) is 1. The standard InChI is InChI=1S/C26H26N2O3/c1-18-15-21(14-13-20(18)12-11-19-7-3-4-8-19)26(29)27-17-22-16-24(28-31-22)23-9-5-6-10-25(23)30-2/h5-6,9-10,13-16,19H,3-4,7-8,17H2,1-2H3,(H,27,29). The minimum absolute atomic E-state index is 0.159. The highest BCUT2D eigenvalue weighted by Crippen LogP contribution is 2.29. The lowest BCUT2D eigenvalue weighted by atomic mass is 10.0. The Kier molecular flexibility index (Phi) is 6.37. The van der Waals surface area contributed by atoms with E-state index in [9.17, 15) is 4.79 Å². The number of carbonyl (C=O) groups is 1. The molecule has 1 saturated carbocycles. The van der Waals surface area contributed by atoms with E-state index >= 15 is 0 Å². The summed E-state index contributed by atoms with van der Waals surface area (Å²) >= 11 is 0. The van der Waals surface area contributed by atoms with Gasteiger partial charge in [0.1, 0.15) is 11.4 Å². The molecule has 158 valence electrons. The van der Waals surface area contributed by atoms with Crippen molar-refractivity contribution in [3.8, 4) is 28.8 Å². The van der Waals surface area contributed by atoms with E-state index in [1.165, 1.54) is 25.7 Å². The van der Waals surface area contributed by atoms with E-state index in [-0.39, 0.29) is 12.5 Å². The molecule has 0 aliphatic heterocycles. The molecule has 0 unspecified atom stereocenters. The van der Waals surface area contributed by atoms with E-state index in [0.717, 1.165) is 22.4 Å². The summed E-state index contributed by atoms with van der Waals surface area (Å²) in [6.07, 6.45) is 4.96. The Hall–Kier alpha value is -3.52. The molecule has 31 heavy (non-hydrogen) atoms. The van der Waals surface area contributed by atoms with E-state index < -0.39 is 0 Å². The van der Waals surface area contributed by atoms with Gasteiger partial charge in [-0.1, -0.05) is 42.0 Å². The van der Waals surface area contributed by atoms with E-state index in [0.29, 0.717) is 22.9 Å². The van der Waals surface area contributed by atoms with Crippen LogP contribution in [0.2, 0.25) is 0 Å². The van der Waals surface area contributed by atoms with Gasteiger partial charge in [0.2, 0.25) is 0 Å². The SMILES string of the molecule is COc1ccccc1-c1cc(CNC(=O)c2ccc(C#CC3CCCC3)c(C)c2)on1. The number of nitrogens with zero attached hydrogens (tertiary/aromatic N) is 1. The van der Waals surface area contributed by atoms with Crippen molar-refractivity contribution >= 4 is 5.91 Å². The summed E-state index contributed by atoms with van der Waals surface area (Å²) in [7, 11) is 1.62. The van der Waals surface area contributed by atoms with Crippen molar-refractivity contribution < 1.29 is 14.1 Å². The molecule has 1 aromatic heterocycles. The number of methoxy groups -OCH3 is 1. The van der Waals surface area contributed by atoms with E-state index in [1.54, 1.807) is 7.11 Å². The monoisotopic (exact) mass is 414 g/mol. The van der Waals surface area contributed by atoms with Gasteiger partial charge in [-0.3, -0.25) is 4.79 Å². The number of rotatable bonds is 5. The van der Waals surface area contributed by atoms with E-state index in [2.05, 4.69) is 22.3 Å². The quantitative estimate of drug-likeness (QED) is 0.588. The number of hydrogen-bond acceptors (Lipinski definition) is 4. The predicted molar refractivity (Wildman–Crippen MR) is 120 cm³/mol. The van der Waals surface area contributed by atoms with Crippen LogP contribution in [0.3, 0.4) is 0 Å². The second-order valence-electron chi connectivity index (χ2n) is 7.84. The Bertz CT molecular complexity index is 1130. The molecule has 0 saturated heterocycles. The Balaban J connectivity index is 1.39. The van der Waals surface area contributed by atoms with Crippen LogP contribution >= 0.6 is 0 Å². The molecule has 1 heterocycles. The third kappa shape index (κ3) is 4.97. The molecule has 1 N–H and O–H groups in total. The van der Waals surface area contributed by atoms with Crippen molar-refractivity contribution in [2.75, 3.05) is 7.11 Å². The Morgan fingerprint density at radius 1 is 1.19 bits per heavy atom. The van der Waals surface area contributed by atoms with Crippen molar-refractivity contribution in [3.05, 3.63) is 71.0 Å². The number of aryl methyl sites for hydroxylation is 1. The Morgan fingerprint density at radius 3 is 2.77 bits per heavy atom. The summed E-state index contributed by atoms with van der Waals surface area (Å²) in [5.41, 5.74) is 4.11. The summed E-state index contributed by atoms with van der Waals surface area (Å²) in [6, 6.07) is 15.0. The molecule has 1 fully saturated rings. The first-order valence-corrected chi connectivity index (χ1v) is 10.6. The van der Waals surface area contributed by atoms with E-state index in [4.69, 9.17) is 9.26 Å². The minimum Gasteiger partial charge on any atom is -0.496 e. The van der Waals surface area contributed by atoms with Crippen molar-refractivity contribution in [3.63, 3.8) is 0 Å². The number of aromatic nitrogens is 1. The van der Waals surface area contributed by atoms with Gasteiger partial charge in [-0.2, -0.15) is 0 Å². The largest absolute Gasteiger partial charge is 0.496 e. The molecule has 0 bridgehead atoms. The van der Waals surface area contributed by atoms with Crippen LogP contribution in [-0.4, -0.2) is 18.2 Å². The van der Waals surface area contributed by atoms with Gasteiger partial charge in [0.15, 0.2) is 5.76 Å². The molecule has 1 aliphatic carbocycles. The van der Waals surface area contributed by atoms with Crippen molar-refractivity contribution in [1.82, 2.24) is 10.5 Å². The summed E-state index contributed by atoms with van der Waals surface area (Å²) in [5, 5.41) is 7.00. The molecule has 2 aromatic carbocycles. The van der Waals surface area contributed by atoms with Crippen LogP contribution in [0.4, 0.5) is 0 Å². The van der Waals surface area contributed by atoms with Crippen LogP contribution in [0.25, 0.3) is 11.3 Å². The zero-order valence-corrected chi connectivity index (χ0v) is 17.9. The second kappa shape index (κ2) is 9.53. The smallest absolute Gasteiger partial charge is 0.251 e. The third-order valence-corrected chi connectivity index (χ3v) is 5.62. The van der Waals surface area contributed by atoms with Gasteiger partial charge in [0.25, 0.3) is 5.91 Å². The molecule has 5 nitrogen and oxygen atoms in total. The fourth-order valence-corrected chi connectivity index (χ4v) is 3.84. The zero-order valence-electron chi connectivity index (χ0n) is 17.9. The van der Waals surface area contributed by atoms with Gasteiger partial charge in [-0.15, -0.1) is 0 Å². The van der Waals surface area contributed by atoms with Gasteiger partial charge in [-0.05, 0) is 55.7 Å². The molecule has 3 aromatic rings. The lowest BCUT2D eigenvalue weighted by Crippen LogP contribution is -2.22. The van der Waals surface area contributed by atoms with Crippen LogP contribution < -0.4 is 10.1 Å². The molecular formula is C26H26N2O3. The average Bonchev–Trinajstić information content (AvgIpc) is 3.48. The summed E-state index contributed by atoms with van der Waals surface area (Å²) in [4.78, 5) is 12.6. The van der Waals surface area contributed by atoms with Crippen LogP contribution in [-0.2, 0) is 6.54 Å². The highest BCUT2D eigenvalue weighted by atomic mass is 16.5. The third-order valence-electron chi connectivity index (χ3n) is 5.62. The zero-order chi connectivity index (χ0) is 21.6. The Morgan fingerprint density at radius 2 is 2.00 bits per heavy atom. The van der Waals surface area contributed by atoms with Crippen LogP contribution in [0.15, 0.2) is 53.1 Å². The van der Waals surface area contributed by atoms with E-state index in [1.807, 2.05) is 55.5 Å². The molecule has 1 amide bonds. The first-order chi connectivity index (χ1) is 15.1. The molecule has 5 heteroatoms. The summed E-state index contributed by atoms with van der Waals surface area (Å²) in [6.45, 7) is 2.24. The first kappa shape index (κ1) is 20.7. The average molecular weight is 415 g/mol. The number of nitrogens with one attached hydrogen (secondary N) is 1. The number of amides is 1. The maximum absolute atomic E-state index is 12.6. The lowest BCUT2D eigenvalue weighted by molar-refractivity contribution is 0.0947. The number of benzene rings is 2. The van der Waals surface area contributed by atoms with Crippen LogP contribution in [0.1, 0.15) is 52.9 Å². The highest BCUT2D eigenvalue weighted by molar-refractivity contribution is 5.94. The number of carbonyl (C=O) groups excluding carboxylic acids is 1. The topological polar surface area (TPSA) is 64.4 Å². The Labute approximate surface area is 182 Å². The fourth-order valence-electron chi connectivity index (χ4n) is 3.84. The summed E-state index contributed by atoms with van der Waals surface area (Å²) in [5.74, 6) is 8.32. The normalized spacial score (nSPS) is 13.5. The minimum atomic E-state index is -0.159. The molecule has 4 rings (SSSR count). The fraction of sp³-hybridized carbons (Fsp3) is 0.308. The first-order valence-electron chi connectivity index (χ1n) is 10.6. The maximum atomic E-state index is 12.6. The van der Waals surface area contributed by atoms with Crippen LogP contribution in [0, 0.1) is 24.7 Å². The summed E-state index contributed by atoms with van der Waals surface area (Å²) < 4.78 is 10.8. The number of para-hydroxylation sites is 1. The lowest BCUT2D eigenvalue weighted by Gasteiger charge is -2.06. The number of ether oxygens (including phenoxy) is 1. The van der Waals surface area contributed by atoms with Gasteiger partial charge < -0.3 is 14.6 Å². The van der Waals surface area contributed by atoms with Gasteiger partial charge in [-0.25, -0.2) is 0 Å². The second-order valence-corrected chi connectivity index (χ2v) is 7.84. The maximum Gasteiger partial charge on any atom is 0.251 e. The van der Waals surface area contributed by atoms with Crippen LogP contribution in [0.5, 0.6) is 5.75 Å². The molecule has 1 aliphatic rings. The molecular weight excluding hydrogens is 388 g/mol. The van der Waals surface area contributed by atoms with Crippen molar-refractivity contribution in [1.29, 1.82) is 0 Å². The van der Waals surface area contributed by atoms with Gasteiger partial charge >= 0.3 is 0 Å². The highest BCUT2D eigenvalue weighted by Gasteiger charge is 2.14. The van der Waals surface area contributed by atoms with Crippen molar-refractivity contribution in [2.45, 2.75) is 39.2 Å². The van der Waals surface area contributed by atoms with Gasteiger partial charge in [0, 0.05) is 28.7 Å². The molecule has 0 spiro atoms. The molecule has 0 radical (unpaired) electrons. The predicted octanol–water partition coefficient (Wildman–Crippen LogP) is 5.13. The van der Waals surface area contributed by atoms with Crippen molar-refractivity contribution in [2.24, 2.45) is 5.92 Å².